The largest absolute Gasteiger partial charge is 0.462 e. The molecule has 0 aliphatic carbocycles. The van der Waals surface area contributed by atoms with E-state index in [1.807, 2.05) is 0 Å². The van der Waals surface area contributed by atoms with Gasteiger partial charge in [0.25, 0.3) is 0 Å². The van der Waals surface area contributed by atoms with Gasteiger partial charge in [-0.2, -0.15) is 0 Å². The molecule has 0 N–H and O–H groups in total. The van der Waals surface area contributed by atoms with Gasteiger partial charge in [0.05, 0.1) is 27.9 Å². The number of aromatic nitrogens is 1. The number of rotatable bonds is 4. The van der Waals surface area contributed by atoms with Crippen molar-refractivity contribution < 1.29 is 18.1 Å². The number of fused-ring (bicyclic) bond motifs is 1. The molecule has 8 heteroatoms. The first kappa shape index (κ1) is 17.6. The van der Waals surface area contributed by atoms with E-state index in [0.717, 1.165) is 6.07 Å². The van der Waals surface area contributed by atoms with Crippen molar-refractivity contribution in [1.29, 1.82) is 0 Å². The predicted octanol–water partition coefficient (Wildman–Crippen LogP) is 2.73. The van der Waals surface area contributed by atoms with Crippen LogP contribution in [-0.2, 0) is 22.1 Å². The molecule has 0 aliphatic rings. The Hall–Kier alpha value is -1.73. The van der Waals surface area contributed by atoms with Crippen molar-refractivity contribution in [2.24, 2.45) is 0 Å². The van der Waals surface area contributed by atoms with Gasteiger partial charge in [0.1, 0.15) is 16.4 Å². The lowest BCUT2D eigenvalue weighted by molar-refractivity contribution is 0.0519. The van der Waals surface area contributed by atoms with E-state index >= 15 is 0 Å². The summed E-state index contributed by atoms with van der Waals surface area (Å²) in [5, 5.41) is -0.118. The highest BCUT2D eigenvalue weighted by Crippen LogP contribution is 2.25. The fraction of sp³-hybridized carbons (Fsp3) is 0.333. The lowest BCUT2D eigenvalue weighted by atomic mass is 10.1. The van der Waals surface area contributed by atoms with Crippen molar-refractivity contribution >= 4 is 39.3 Å². The van der Waals surface area contributed by atoms with Crippen LogP contribution in [-0.4, -0.2) is 27.6 Å². The molecule has 0 radical (unpaired) electrons. The Balaban J connectivity index is 3.05. The maximum atomic E-state index is 13.7. The Labute approximate surface area is 139 Å². The van der Waals surface area contributed by atoms with E-state index in [0.29, 0.717) is 12.1 Å². The standard InChI is InChI=1S/C15H15ClFNO4S/c1-4-18-11-7-9(16)10(17)6-8(11)13(19)12(14(18)23(3)21)15(20)22-5-2/h6-7H,4-5H2,1-3H3/t23-/m0/s1. The van der Waals surface area contributed by atoms with Crippen LogP contribution in [0.3, 0.4) is 0 Å². The van der Waals surface area contributed by atoms with Crippen LogP contribution in [0.5, 0.6) is 0 Å². The summed E-state index contributed by atoms with van der Waals surface area (Å²) in [6.07, 6.45) is 1.36. The van der Waals surface area contributed by atoms with Crippen LogP contribution < -0.4 is 5.43 Å². The van der Waals surface area contributed by atoms with Crippen LogP contribution >= 0.6 is 11.6 Å². The average molecular weight is 360 g/mol. The molecule has 0 saturated heterocycles. The highest BCUT2D eigenvalue weighted by atomic mass is 35.5. The molecule has 0 fully saturated rings. The van der Waals surface area contributed by atoms with Gasteiger partial charge in [-0.15, -0.1) is 0 Å². The molecule has 0 spiro atoms. The molecule has 2 rings (SSSR count). The van der Waals surface area contributed by atoms with E-state index in [1.165, 1.54) is 16.9 Å². The van der Waals surface area contributed by atoms with Crippen molar-refractivity contribution in [3.05, 3.63) is 38.8 Å². The summed E-state index contributed by atoms with van der Waals surface area (Å²) in [5.41, 5.74) is -0.727. The molecule has 23 heavy (non-hydrogen) atoms. The third-order valence-electron chi connectivity index (χ3n) is 3.33. The van der Waals surface area contributed by atoms with Gasteiger partial charge < -0.3 is 9.30 Å². The van der Waals surface area contributed by atoms with Gasteiger partial charge in [0.2, 0.25) is 5.43 Å². The summed E-state index contributed by atoms with van der Waals surface area (Å²) in [6, 6.07) is 2.28. The topological polar surface area (TPSA) is 65.4 Å². The number of hydrogen-bond acceptors (Lipinski definition) is 4. The van der Waals surface area contributed by atoms with Crippen LogP contribution in [0.15, 0.2) is 22.0 Å². The fourth-order valence-corrected chi connectivity index (χ4v) is 3.57. The van der Waals surface area contributed by atoms with E-state index in [9.17, 15) is 18.2 Å². The van der Waals surface area contributed by atoms with Gasteiger partial charge >= 0.3 is 5.97 Å². The van der Waals surface area contributed by atoms with E-state index in [2.05, 4.69) is 0 Å². The minimum absolute atomic E-state index is 0.00833. The number of carbonyl (C=O) groups is 1. The van der Waals surface area contributed by atoms with E-state index in [-0.39, 0.29) is 27.6 Å². The first-order valence-corrected chi connectivity index (χ1v) is 8.83. The van der Waals surface area contributed by atoms with E-state index in [4.69, 9.17) is 16.3 Å². The Morgan fingerprint density at radius 1 is 1.39 bits per heavy atom. The minimum Gasteiger partial charge on any atom is -0.462 e. The summed E-state index contributed by atoms with van der Waals surface area (Å²) < 4.78 is 32.3. The number of carbonyl (C=O) groups excluding carboxylic acids is 1. The number of ether oxygens (including phenoxy) is 1. The zero-order valence-corrected chi connectivity index (χ0v) is 14.4. The molecular weight excluding hydrogens is 345 g/mol. The molecule has 1 aromatic carbocycles. The summed E-state index contributed by atoms with van der Waals surface area (Å²) in [6.45, 7) is 3.74. The normalized spacial score (nSPS) is 12.4. The van der Waals surface area contributed by atoms with Gasteiger partial charge in [-0.25, -0.2) is 9.18 Å². The molecule has 0 unspecified atom stereocenters. The number of aryl methyl sites for hydroxylation is 1. The number of hydrogen-bond donors (Lipinski definition) is 0. The zero-order chi connectivity index (χ0) is 17.3. The molecule has 2 aromatic rings. The van der Waals surface area contributed by atoms with E-state index < -0.39 is 28.0 Å². The summed E-state index contributed by atoms with van der Waals surface area (Å²) in [4.78, 5) is 24.8. The second-order valence-electron chi connectivity index (χ2n) is 4.71. The molecule has 1 aromatic heterocycles. The van der Waals surface area contributed by atoms with Gasteiger partial charge in [0.15, 0.2) is 0 Å². The van der Waals surface area contributed by atoms with Crippen molar-refractivity contribution in [3.63, 3.8) is 0 Å². The number of nitrogens with zero attached hydrogens (tertiary/aromatic N) is 1. The monoisotopic (exact) mass is 359 g/mol. The van der Waals surface area contributed by atoms with Crippen molar-refractivity contribution in [2.75, 3.05) is 12.9 Å². The Bertz CT molecular complexity index is 878. The Kier molecular flexibility index (Phi) is 5.21. The number of benzene rings is 1. The van der Waals surface area contributed by atoms with Crippen LogP contribution in [0.25, 0.3) is 10.9 Å². The second kappa shape index (κ2) is 6.80. The number of halogens is 2. The molecule has 0 amide bonds. The smallest absolute Gasteiger partial charge is 0.344 e. The van der Waals surface area contributed by atoms with Crippen LogP contribution in [0.1, 0.15) is 24.2 Å². The van der Waals surface area contributed by atoms with Crippen molar-refractivity contribution in [2.45, 2.75) is 25.4 Å². The first-order chi connectivity index (χ1) is 10.8. The zero-order valence-electron chi connectivity index (χ0n) is 12.8. The van der Waals surface area contributed by atoms with Crippen LogP contribution in [0.4, 0.5) is 4.39 Å². The van der Waals surface area contributed by atoms with Gasteiger partial charge in [-0.3, -0.25) is 9.00 Å². The average Bonchev–Trinajstić information content (AvgIpc) is 2.49. The van der Waals surface area contributed by atoms with Crippen molar-refractivity contribution in [3.8, 4) is 0 Å². The molecular formula is C15H15ClFNO4S. The minimum atomic E-state index is -1.63. The second-order valence-corrected chi connectivity index (χ2v) is 6.41. The van der Waals surface area contributed by atoms with Gasteiger partial charge in [-0.05, 0) is 26.0 Å². The molecule has 1 heterocycles. The highest BCUT2D eigenvalue weighted by molar-refractivity contribution is 7.84. The fourth-order valence-electron chi connectivity index (χ4n) is 2.41. The molecule has 0 aliphatic heterocycles. The van der Waals surface area contributed by atoms with Gasteiger partial charge in [-0.1, -0.05) is 11.6 Å². The summed E-state index contributed by atoms with van der Waals surface area (Å²) in [5.74, 6) is -1.64. The SMILES string of the molecule is CCOC(=O)c1c([S@](C)=O)n(CC)c2cc(Cl)c(F)cc2c1=O. The van der Waals surface area contributed by atoms with Crippen LogP contribution in [0.2, 0.25) is 5.02 Å². The number of esters is 1. The lowest BCUT2D eigenvalue weighted by Crippen LogP contribution is -2.26. The highest BCUT2D eigenvalue weighted by Gasteiger charge is 2.26. The molecule has 0 saturated carbocycles. The Morgan fingerprint density at radius 3 is 2.57 bits per heavy atom. The third-order valence-corrected chi connectivity index (χ3v) is 4.59. The maximum absolute atomic E-state index is 13.7. The quantitative estimate of drug-likeness (QED) is 0.787. The van der Waals surface area contributed by atoms with Crippen molar-refractivity contribution in [1.82, 2.24) is 4.57 Å². The first-order valence-electron chi connectivity index (χ1n) is 6.89. The maximum Gasteiger partial charge on any atom is 0.344 e. The van der Waals surface area contributed by atoms with Crippen LogP contribution in [0, 0.1) is 5.82 Å². The third kappa shape index (κ3) is 3.03. The summed E-state index contributed by atoms with van der Waals surface area (Å²) >= 11 is 5.80. The van der Waals surface area contributed by atoms with E-state index in [1.54, 1.807) is 13.8 Å². The molecule has 5 nitrogen and oxygen atoms in total. The predicted molar refractivity (Wildman–Crippen MR) is 87.1 cm³/mol. The van der Waals surface area contributed by atoms with Gasteiger partial charge in [0, 0.05) is 18.2 Å². The molecule has 124 valence electrons. The molecule has 0 bridgehead atoms. The number of pyridine rings is 1. The molecule has 1 atom stereocenters. The summed E-state index contributed by atoms with van der Waals surface area (Å²) in [7, 11) is -1.63. The Morgan fingerprint density at radius 2 is 2.04 bits per heavy atom. The lowest BCUT2D eigenvalue weighted by Gasteiger charge is -2.17.